The van der Waals surface area contributed by atoms with Gasteiger partial charge in [-0.15, -0.1) is 0 Å². The molecule has 1 aromatic rings. The van der Waals surface area contributed by atoms with Crippen molar-refractivity contribution in [3.05, 3.63) is 29.8 Å². The van der Waals surface area contributed by atoms with E-state index in [-0.39, 0.29) is 0 Å². The quantitative estimate of drug-likeness (QED) is 0.892. The standard InChI is InChI=1S/C17H28N2/c1-13(2)15-8-5-6-9-17(15)19-11-7-10-18-16(12-19)14(3)4/h5-6,8-9,13-14,16,18H,7,10-12H2,1-4H3. The van der Waals surface area contributed by atoms with Crippen molar-refractivity contribution in [3.8, 4) is 0 Å². The fraction of sp³-hybridized carbons (Fsp3) is 0.647. The van der Waals surface area contributed by atoms with Crippen LogP contribution in [0.5, 0.6) is 0 Å². The molecule has 0 radical (unpaired) electrons. The smallest absolute Gasteiger partial charge is 0.0401 e. The molecule has 2 rings (SSSR count). The summed E-state index contributed by atoms with van der Waals surface area (Å²) in [5.74, 6) is 1.27. The number of rotatable bonds is 3. The molecule has 1 fully saturated rings. The van der Waals surface area contributed by atoms with Crippen LogP contribution in [0.4, 0.5) is 5.69 Å². The van der Waals surface area contributed by atoms with Crippen molar-refractivity contribution in [1.82, 2.24) is 5.32 Å². The van der Waals surface area contributed by atoms with E-state index in [0.717, 1.165) is 13.1 Å². The van der Waals surface area contributed by atoms with Crippen molar-refractivity contribution in [2.45, 2.75) is 46.1 Å². The third-order valence-corrected chi connectivity index (χ3v) is 4.13. The Morgan fingerprint density at radius 2 is 1.89 bits per heavy atom. The summed E-state index contributed by atoms with van der Waals surface area (Å²) in [4.78, 5) is 2.58. The van der Waals surface area contributed by atoms with Crippen LogP contribution in [0.3, 0.4) is 0 Å². The zero-order chi connectivity index (χ0) is 13.8. The molecule has 1 aliphatic rings. The summed E-state index contributed by atoms with van der Waals surface area (Å²) in [5, 5.41) is 3.69. The highest BCUT2D eigenvalue weighted by Gasteiger charge is 2.22. The van der Waals surface area contributed by atoms with Gasteiger partial charge in [-0.3, -0.25) is 0 Å². The van der Waals surface area contributed by atoms with Gasteiger partial charge >= 0.3 is 0 Å². The van der Waals surface area contributed by atoms with E-state index in [4.69, 9.17) is 0 Å². The van der Waals surface area contributed by atoms with E-state index >= 15 is 0 Å². The topological polar surface area (TPSA) is 15.3 Å². The summed E-state index contributed by atoms with van der Waals surface area (Å²) < 4.78 is 0. The third-order valence-electron chi connectivity index (χ3n) is 4.13. The Morgan fingerprint density at radius 1 is 1.16 bits per heavy atom. The molecular weight excluding hydrogens is 232 g/mol. The molecule has 1 aromatic carbocycles. The largest absolute Gasteiger partial charge is 0.370 e. The minimum atomic E-state index is 0.588. The van der Waals surface area contributed by atoms with Crippen LogP contribution >= 0.6 is 0 Å². The Bertz CT molecular complexity index is 398. The molecule has 19 heavy (non-hydrogen) atoms. The van der Waals surface area contributed by atoms with Gasteiger partial charge in [0.25, 0.3) is 0 Å². The van der Waals surface area contributed by atoms with E-state index < -0.39 is 0 Å². The average molecular weight is 260 g/mol. The van der Waals surface area contributed by atoms with Gasteiger partial charge in [-0.1, -0.05) is 45.9 Å². The maximum atomic E-state index is 3.69. The summed E-state index contributed by atoms with van der Waals surface area (Å²) in [7, 11) is 0. The molecule has 2 nitrogen and oxygen atoms in total. The van der Waals surface area contributed by atoms with Gasteiger partial charge < -0.3 is 10.2 Å². The normalized spacial score (nSPS) is 20.9. The highest BCUT2D eigenvalue weighted by atomic mass is 15.2. The summed E-state index contributed by atoms with van der Waals surface area (Å²) in [6.07, 6.45) is 1.23. The Morgan fingerprint density at radius 3 is 2.58 bits per heavy atom. The molecule has 1 atom stereocenters. The van der Waals surface area contributed by atoms with E-state index in [2.05, 4.69) is 62.2 Å². The van der Waals surface area contributed by atoms with Crippen molar-refractivity contribution >= 4 is 5.69 Å². The predicted molar refractivity (Wildman–Crippen MR) is 84.0 cm³/mol. The highest BCUT2D eigenvalue weighted by Crippen LogP contribution is 2.28. The number of anilines is 1. The molecule has 1 saturated heterocycles. The zero-order valence-corrected chi connectivity index (χ0v) is 12.8. The summed E-state index contributed by atoms with van der Waals surface area (Å²) >= 11 is 0. The van der Waals surface area contributed by atoms with Crippen LogP contribution in [-0.4, -0.2) is 25.7 Å². The maximum Gasteiger partial charge on any atom is 0.0401 e. The molecule has 0 aromatic heterocycles. The lowest BCUT2D eigenvalue weighted by molar-refractivity contribution is 0.420. The lowest BCUT2D eigenvalue weighted by Gasteiger charge is -2.31. The van der Waals surface area contributed by atoms with Gasteiger partial charge in [-0.25, -0.2) is 0 Å². The van der Waals surface area contributed by atoms with Crippen molar-refractivity contribution < 1.29 is 0 Å². The lowest BCUT2D eigenvalue weighted by atomic mass is 9.99. The number of nitrogens with zero attached hydrogens (tertiary/aromatic N) is 1. The first-order valence-electron chi connectivity index (χ1n) is 7.67. The summed E-state index contributed by atoms with van der Waals surface area (Å²) in [6.45, 7) is 12.6. The van der Waals surface area contributed by atoms with E-state index in [0.29, 0.717) is 17.9 Å². The second kappa shape index (κ2) is 6.42. The summed E-state index contributed by atoms with van der Waals surface area (Å²) in [6, 6.07) is 9.50. The molecular formula is C17H28N2. The number of hydrogen-bond acceptors (Lipinski definition) is 2. The molecule has 1 unspecified atom stereocenters. The first-order chi connectivity index (χ1) is 9.09. The van der Waals surface area contributed by atoms with Crippen LogP contribution in [0.15, 0.2) is 24.3 Å². The molecule has 106 valence electrons. The number of nitrogens with one attached hydrogen (secondary N) is 1. The molecule has 0 aliphatic carbocycles. The fourth-order valence-electron chi connectivity index (χ4n) is 2.88. The van der Waals surface area contributed by atoms with Gasteiger partial charge in [0.1, 0.15) is 0 Å². The average Bonchev–Trinajstić information content (AvgIpc) is 2.64. The Kier molecular flexibility index (Phi) is 4.87. The van der Waals surface area contributed by atoms with Crippen molar-refractivity contribution in [2.75, 3.05) is 24.5 Å². The molecule has 1 N–H and O–H groups in total. The van der Waals surface area contributed by atoms with Gasteiger partial charge in [0.15, 0.2) is 0 Å². The second-order valence-electron chi connectivity index (χ2n) is 6.32. The molecule has 0 bridgehead atoms. The monoisotopic (exact) mass is 260 g/mol. The van der Waals surface area contributed by atoms with Crippen LogP contribution in [0.2, 0.25) is 0 Å². The number of para-hydroxylation sites is 1. The van der Waals surface area contributed by atoms with E-state index in [9.17, 15) is 0 Å². The minimum absolute atomic E-state index is 0.588. The molecule has 0 saturated carbocycles. The van der Waals surface area contributed by atoms with Crippen LogP contribution in [0.25, 0.3) is 0 Å². The van der Waals surface area contributed by atoms with Crippen molar-refractivity contribution in [3.63, 3.8) is 0 Å². The van der Waals surface area contributed by atoms with Crippen LogP contribution in [0, 0.1) is 5.92 Å². The van der Waals surface area contributed by atoms with Gasteiger partial charge in [-0.05, 0) is 36.4 Å². The Balaban J connectivity index is 2.24. The first-order valence-corrected chi connectivity index (χ1v) is 7.67. The van der Waals surface area contributed by atoms with Crippen molar-refractivity contribution in [1.29, 1.82) is 0 Å². The first kappa shape index (κ1) is 14.4. The van der Waals surface area contributed by atoms with Crippen LogP contribution in [0.1, 0.15) is 45.6 Å². The van der Waals surface area contributed by atoms with E-state index in [1.54, 1.807) is 0 Å². The van der Waals surface area contributed by atoms with Crippen molar-refractivity contribution in [2.24, 2.45) is 5.92 Å². The number of benzene rings is 1. The Labute approximate surface area is 118 Å². The highest BCUT2D eigenvalue weighted by molar-refractivity contribution is 5.55. The molecule has 1 heterocycles. The molecule has 0 spiro atoms. The number of hydrogen-bond donors (Lipinski definition) is 1. The predicted octanol–water partition coefficient (Wildman–Crippen LogP) is 3.63. The van der Waals surface area contributed by atoms with Crippen LogP contribution < -0.4 is 10.2 Å². The zero-order valence-electron chi connectivity index (χ0n) is 12.8. The van der Waals surface area contributed by atoms with Gasteiger partial charge in [0.05, 0.1) is 0 Å². The lowest BCUT2D eigenvalue weighted by Crippen LogP contribution is -2.41. The van der Waals surface area contributed by atoms with Gasteiger partial charge in [0, 0.05) is 24.8 Å². The fourth-order valence-corrected chi connectivity index (χ4v) is 2.88. The molecule has 0 amide bonds. The van der Waals surface area contributed by atoms with Gasteiger partial charge in [-0.2, -0.15) is 0 Å². The van der Waals surface area contributed by atoms with E-state index in [1.165, 1.54) is 24.2 Å². The third kappa shape index (κ3) is 3.50. The second-order valence-corrected chi connectivity index (χ2v) is 6.32. The van der Waals surface area contributed by atoms with Gasteiger partial charge in [0.2, 0.25) is 0 Å². The molecule has 2 heteroatoms. The minimum Gasteiger partial charge on any atom is -0.370 e. The molecule has 1 aliphatic heterocycles. The maximum absolute atomic E-state index is 3.69. The summed E-state index contributed by atoms with van der Waals surface area (Å²) in [5.41, 5.74) is 2.92. The SMILES string of the molecule is CC(C)c1ccccc1N1CCCNC(C(C)C)C1. The van der Waals surface area contributed by atoms with Crippen LogP contribution in [-0.2, 0) is 0 Å². The van der Waals surface area contributed by atoms with E-state index in [1.807, 2.05) is 0 Å². The Hall–Kier alpha value is -1.02.